The summed E-state index contributed by atoms with van der Waals surface area (Å²) < 4.78 is 60.8. The molecular formula is C22H26F4N2S. The minimum Gasteiger partial charge on any atom is -0.295 e. The first kappa shape index (κ1) is 22.1. The van der Waals surface area contributed by atoms with Crippen LogP contribution in [0, 0.1) is 5.82 Å². The number of alkyl halides is 3. The predicted octanol–water partition coefficient (Wildman–Crippen LogP) is 5.64. The monoisotopic (exact) mass is 426 g/mol. The molecule has 0 saturated carbocycles. The number of hydrogen-bond acceptors (Lipinski definition) is 3. The van der Waals surface area contributed by atoms with Crippen molar-refractivity contribution in [3.8, 4) is 11.1 Å². The van der Waals surface area contributed by atoms with E-state index in [2.05, 4.69) is 4.72 Å². The summed E-state index contributed by atoms with van der Waals surface area (Å²) >= 11 is 1.25. The Morgan fingerprint density at radius 1 is 1.24 bits per heavy atom. The predicted molar refractivity (Wildman–Crippen MR) is 111 cm³/mol. The molecule has 0 aromatic heterocycles. The van der Waals surface area contributed by atoms with Crippen molar-refractivity contribution >= 4 is 11.9 Å². The Hall–Kier alpha value is -1.57. The molecule has 1 heterocycles. The van der Waals surface area contributed by atoms with E-state index in [1.165, 1.54) is 18.9 Å². The van der Waals surface area contributed by atoms with Crippen molar-refractivity contribution in [3.63, 3.8) is 0 Å². The number of benzene rings is 2. The first-order valence-corrected chi connectivity index (χ1v) is 10.7. The molecule has 1 aliphatic heterocycles. The molecule has 0 spiro atoms. The van der Waals surface area contributed by atoms with Crippen LogP contribution >= 0.6 is 11.9 Å². The molecule has 2 nitrogen and oxygen atoms in total. The average molecular weight is 427 g/mol. The number of halogens is 4. The maximum Gasteiger partial charge on any atom is 0.277 e. The molecule has 1 saturated heterocycles. The third-order valence-electron chi connectivity index (χ3n) is 5.39. The maximum atomic E-state index is 15.3. The second-order valence-corrected chi connectivity index (χ2v) is 8.60. The molecule has 3 unspecified atom stereocenters. The molecule has 1 N–H and O–H groups in total. The summed E-state index contributed by atoms with van der Waals surface area (Å²) in [6, 6.07) is 10.1. The van der Waals surface area contributed by atoms with Crippen molar-refractivity contribution in [1.82, 2.24) is 9.62 Å². The van der Waals surface area contributed by atoms with Gasteiger partial charge in [0.15, 0.2) is 0 Å². The van der Waals surface area contributed by atoms with Gasteiger partial charge in [-0.3, -0.25) is 9.62 Å². The molecule has 3 atom stereocenters. The van der Waals surface area contributed by atoms with Crippen LogP contribution in [0.15, 0.2) is 42.5 Å². The summed E-state index contributed by atoms with van der Waals surface area (Å²) in [6.07, 6.45) is -0.995. The Morgan fingerprint density at radius 3 is 2.66 bits per heavy atom. The van der Waals surface area contributed by atoms with Gasteiger partial charge in [-0.2, -0.15) is 0 Å². The SMILES string of the molecule is CCSNC1C(Cc2cccc(-c3cccc(C(C)F)c3)c2F)N(C)CC1(F)F. The van der Waals surface area contributed by atoms with E-state index >= 15 is 4.39 Å². The highest BCUT2D eigenvalue weighted by Gasteiger charge is 2.53. The molecular weight excluding hydrogens is 400 g/mol. The highest BCUT2D eigenvalue weighted by Crippen LogP contribution is 2.36. The average Bonchev–Trinajstić information content (AvgIpc) is 2.89. The molecule has 1 fully saturated rings. The first-order valence-electron chi connectivity index (χ1n) is 9.71. The minimum atomic E-state index is -2.89. The summed E-state index contributed by atoms with van der Waals surface area (Å²) in [7, 11) is 1.64. The summed E-state index contributed by atoms with van der Waals surface area (Å²) in [5, 5.41) is 0. The third-order valence-corrected chi connectivity index (χ3v) is 6.09. The summed E-state index contributed by atoms with van der Waals surface area (Å²) in [5.74, 6) is -2.67. The van der Waals surface area contributed by atoms with E-state index in [4.69, 9.17) is 0 Å². The van der Waals surface area contributed by atoms with Crippen LogP contribution in [0.4, 0.5) is 17.6 Å². The largest absolute Gasteiger partial charge is 0.295 e. The van der Waals surface area contributed by atoms with Crippen molar-refractivity contribution in [2.75, 3.05) is 19.3 Å². The summed E-state index contributed by atoms with van der Waals surface area (Å²) in [6.45, 7) is 2.96. The van der Waals surface area contributed by atoms with E-state index in [0.29, 0.717) is 28.0 Å². The van der Waals surface area contributed by atoms with Crippen LogP contribution < -0.4 is 4.72 Å². The van der Waals surface area contributed by atoms with E-state index in [9.17, 15) is 13.2 Å². The Morgan fingerprint density at radius 2 is 1.97 bits per heavy atom. The number of hydrogen-bond donors (Lipinski definition) is 1. The minimum absolute atomic E-state index is 0.160. The molecule has 29 heavy (non-hydrogen) atoms. The highest BCUT2D eigenvalue weighted by molar-refractivity contribution is 7.97. The lowest BCUT2D eigenvalue weighted by atomic mass is 9.94. The number of likely N-dealkylation sites (tertiary alicyclic amines) is 1. The topological polar surface area (TPSA) is 15.3 Å². The molecule has 0 amide bonds. The van der Waals surface area contributed by atoms with Gasteiger partial charge in [-0.1, -0.05) is 55.3 Å². The Kier molecular flexibility index (Phi) is 6.91. The van der Waals surface area contributed by atoms with Crippen LogP contribution in [0.1, 0.15) is 31.1 Å². The Labute approximate surface area is 173 Å². The van der Waals surface area contributed by atoms with E-state index in [-0.39, 0.29) is 13.0 Å². The Bertz CT molecular complexity index is 843. The first-order chi connectivity index (χ1) is 13.7. The van der Waals surface area contributed by atoms with Crippen molar-refractivity contribution in [1.29, 1.82) is 0 Å². The maximum absolute atomic E-state index is 15.3. The molecule has 3 rings (SSSR count). The van der Waals surface area contributed by atoms with Crippen LogP contribution in [0.5, 0.6) is 0 Å². The van der Waals surface area contributed by atoms with Crippen molar-refractivity contribution < 1.29 is 17.6 Å². The normalized spacial score (nSPS) is 22.7. The van der Waals surface area contributed by atoms with Crippen LogP contribution in [-0.2, 0) is 6.42 Å². The zero-order chi connectivity index (χ0) is 21.2. The van der Waals surface area contributed by atoms with Crippen molar-refractivity contribution in [2.24, 2.45) is 0 Å². The number of nitrogens with zero attached hydrogens (tertiary/aromatic N) is 1. The van der Waals surface area contributed by atoms with Gasteiger partial charge in [-0.25, -0.2) is 17.6 Å². The quantitative estimate of drug-likeness (QED) is 0.456. The highest BCUT2D eigenvalue weighted by atomic mass is 32.2. The van der Waals surface area contributed by atoms with E-state index in [0.717, 1.165) is 0 Å². The molecule has 0 aliphatic carbocycles. The fourth-order valence-electron chi connectivity index (χ4n) is 3.83. The van der Waals surface area contributed by atoms with Crippen LogP contribution in [-0.4, -0.2) is 42.3 Å². The molecule has 158 valence electrons. The van der Waals surface area contributed by atoms with Gasteiger partial charge in [-0.05, 0) is 43.1 Å². The van der Waals surface area contributed by atoms with Gasteiger partial charge in [0.1, 0.15) is 12.0 Å². The lowest BCUT2D eigenvalue weighted by Gasteiger charge is -2.26. The third kappa shape index (κ3) is 4.78. The summed E-state index contributed by atoms with van der Waals surface area (Å²) in [4.78, 5) is 1.59. The van der Waals surface area contributed by atoms with Gasteiger partial charge in [0, 0.05) is 17.4 Å². The molecule has 7 heteroatoms. The van der Waals surface area contributed by atoms with Gasteiger partial charge in [0.05, 0.1) is 12.6 Å². The van der Waals surface area contributed by atoms with Gasteiger partial charge in [0.2, 0.25) is 0 Å². The number of nitrogens with one attached hydrogen (secondary N) is 1. The van der Waals surface area contributed by atoms with Gasteiger partial charge < -0.3 is 0 Å². The zero-order valence-corrected chi connectivity index (χ0v) is 17.6. The molecule has 0 bridgehead atoms. The molecule has 2 aromatic rings. The van der Waals surface area contributed by atoms with Crippen molar-refractivity contribution in [2.45, 2.75) is 44.4 Å². The second kappa shape index (κ2) is 9.06. The molecule has 1 aliphatic rings. The van der Waals surface area contributed by atoms with Gasteiger partial charge >= 0.3 is 0 Å². The summed E-state index contributed by atoms with van der Waals surface area (Å²) in [5.41, 5.74) is 1.78. The fraction of sp³-hybridized carbons (Fsp3) is 0.455. The number of rotatable bonds is 7. The zero-order valence-electron chi connectivity index (χ0n) is 16.8. The molecule has 2 aromatic carbocycles. The van der Waals surface area contributed by atoms with Crippen LogP contribution in [0.3, 0.4) is 0 Å². The van der Waals surface area contributed by atoms with Gasteiger partial charge in [0.25, 0.3) is 5.92 Å². The number of likely N-dealkylation sites (N-methyl/N-ethyl adjacent to an activating group) is 1. The van der Waals surface area contributed by atoms with Crippen molar-refractivity contribution in [3.05, 3.63) is 59.4 Å². The fourth-order valence-corrected chi connectivity index (χ4v) is 4.51. The standard InChI is InChI=1S/C22H26F4N2S/c1-4-29-27-21-19(28(3)13-22(21,25)26)12-17-9-6-10-18(20(17)24)16-8-5-7-15(11-16)14(2)23/h5-11,14,19,21,27H,4,12-13H2,1-3H3. The molecule has 0 radical (unpaired) electrons. The lowest BCUT2D eigenvalue weighted by Crippen LogP contribution is -2.46. The van der Waals surface area contributed by atoms with Gasteiger partial charge in [-0.15, -0.1) is 0 Å². The van der Waals surface area contributed by atoms with E-state index in [1.54, 1.807) is 54.4 Å². The van der Waals surface area contributed by atoms with E-state index in [1.807, 2.05) is 6.92 Å². The Balaban J connectivity index is 1.90. The smallest absolute Gasteiger partial charge is 0.277 e. The van der Waals surface area contributed by atoms with Crippen LogP contribution in [0.25, 0.3) is 11.1 Å². The lowest BCUT2D eigenvalue weighted by molar-refractivity contribution is -0.00425. The van der Waals surface area contributed by atoms with Crippen LogP contribution in [0.2, 0.25) is 0 Å². The van der Waals surface area contributed by atoms with E-state index < -0.39 is 30.0 Å². The second-order valence-electron chi connectivity index (χ2n) is 7.50.